The summed E-state index contributed by atoms with van der Waals surface area (Å²) < 4.78 is 5.17. The Bertz CT molecular complexity index is 380. The van der Waals surface area contributed by atoms with E-state index in [1.54, 1.807) is 0 Å². The molecule has 1 amide bonds. The van der Waals surface area contributed by atoms with Gasteiger partial charge in [-0.25, -0.2) is 4.79 Å². The lowest BCUT2D eigenvalue weighted by Gasteiger charge is -2.65. The summed E-state index contributed by atoms with van der Waals surface area (Å²) in [5.41, 5.74) is 0.840. The quantitative estimate of drug-likeness (QED) is 0.779. The highest BCUT2D eigenvalue weighted by Gasteiger charge is 2.60. The fourth-order valence-electron chi connectivity index (χ4n) is 5.98. The van der Waals surface area contributed by atoms with E-state index in [4.69, 9.17) is 4.74 Å². The molecule has 4 rings (SSSR count). The third-order valence-corrected chi connectivity index (χ3v) is 5.50. The molecule has 4 bridgehead atoms. The van der Waals surface area contributed by atoms with Gasteiger partial charge in [-0.05, 0) is 55.3 Å². The Morgan fingerprint density at radius 3 is 2.37 bits per heavy atom. The Hall–Kier alpha value is -0.380. The van der Waals surface area contributed by atoms with Gasteiger partial charge in [-0.2, -0.15) is 12.6 Å². The van der Waals surface area contributed by atoms with E-state index in [-0.39, 0.29) is 11.6 Å². The number of hydrogen-bond acceptors (Lipinski definition) is 3. The maximum Gasteiger partial charge on any atom is 0.407 e. The molecular weight excluding hydrogens is 258 g/mol. The van der Waals surface area contributed by atoms with Crippen LogP contribution in [0.25, 0.3) is 0 Å². The van der Waals surface area contributed by atoms with Crippen LogP contribution in [0.4, 0.5) is 4.79 Å². The molecule has 1 N–H and O–H groups in total. The Kier molecular flexibility index (Phi) is 3.08. The van der Waals surface area contributed by atoms with Crippen molar-refractivity contribution >= 4 is 18.7 Å². The van der Waals surface area contributed by atoms with Crippen molar-refractivity contribution in [2.75, 3.05) is 12.4 Å². The minimum absolute atomic E-state index is 0.00337. The fourth-order valence-corrected chi connectivity index (χ4v) is 6.07. The van der Waals surface area contributed by atoms with Gasteiger partial charge in [-0.15, -0.1) is 0 Å². The van der Waals surface area contributed by atoms with Gasteiger partial charge in [0.15, 0.2) is 0 Å². The Morgan fingerprint density at radius 1 is 1.21 bits per heavy atom. The largest absolute Gasteiger partial charge is 0.449 e. The second kappa shape index (κ2) is 4.31. The fraction of sp³-hybridized carbons (Fsp3) is 0.933. The zero-order valence-corrected chi connectivity index (χ0v) is 12.9. The van der Waals surface area contributed by atoms with Crippen molar-refractivity contribution in [1.29, 1.82) is 0 Å². The molecule has 0 heterocycles. The number of alkyl carbamates (subject to hydrolysis) is 1. The second-order valence-corrected chi connectivity index (χ2v) is 8.34. The lowest BCUT2D eigenvalue weighted by atomic mass is 9.43. The lowest BCUT2D eigenvalue weighted by Crippen LogP contribution is -2.65. The standard InChI is InChI=1S/C15H25NO2S/c1-13-5-11-6-14(2,8-13)10-15(7-11,9-13)16-12(17)18-3-4-19/h11,19H,3-10H2,1-2H3,(H,16,17). The molecule has 4 aliphatic rings. The molecule has 19 heavy (non-hydrogen) atoms. The van der Waals surface area contributed by atoms with Crippen LogP contribution in [-0.2, 0) is 4.74 Å². The predicted molar refractivity (Wildman–Crippen MR) is 78.5 cm³/mol. The Labute approximate surface area is 121 Å². The van der Waals surface area contributed by atoms with Gasteiger partial charge in [0.05, 0.1) is 0 Å². The normalized spacial score (nSPS) is 47.2. The summed E-state index contributed by atoms with van der Waals surface area (Å²) in [6.07, 6.45) is 7.17. The van der Waals surface area contributed by atoms with Gasteiger partial charge in [0.25, 0.3) is 0 Å². The van der Waals surface area contributed by atoms with Crippen LogP contribution in [0.3, 0.4) is 0 Å². The monoisotopic (exact) mass is 283 g/mol. The summed E-state index contributed by atoms with van der Waals surface area (Å²) in [6.45, 7) is 5.21. The molecule has 108 valence electrons. The molecule has 0 aromatic carbocycles. The molecule has 4 aliphatic carbocycles. The van der Waals surface area contributed by atoms with E-state index >= 15 is 0 Å². The number of ether oxygens (including phenoxy) is 1. The summed E-state index contributed by atoms with van der Waals surface area (Å²) in [7, 11) is 0. The molecule has 0 aliphatic heterocycles. The van der Waals surface area contributed by atoms with Gasteiger partial charge >= 0.3 is 6.09 Å². The number of nitrogens with one attached hydrogen (secondary N) is 1. The maximum atomic E-state index is 11.9. The van der Waals surface area contributed by atoms with Crippen molar-refractivity contribution in [2.45, 2.75) is 57.9 Å². The molecule has 4 heteroatoms. The molecule has 0 radical (unpaired) electrons. The number of rotatable bonds is 3. The Balaban J connectivity index is 1.75. The van der Waals surface area contributed by atoms with E-state index in [1.165, 1.54) is 19.3 Å². The highest BCUT2D eigenvalue weighted by Crippen LogP contribution is 2.66. The highest BCUT2D eigenvalue weighted by atomic mass is 32.1. The number of carbonyl (C=O) groups excluding carboxylic acids is 1. The summed E-state index contributed by atoms with van der Waals surface area (Å²) in [5.74, 6) is 1.37. The molecule has 0 aromatic heterocycles. The third-order valence-electron chi connectivity index (χ3n) is 5.32. The summed E-state index contributed by atoms with van der Waals surface area (Å²) in [6, 6.07) is 0. The van der Waals surface area contributed by atoms with Gasteiger partial charge in [-0.1, -0.05) is 13.8 Å². The number of amides is 1. The van der Waals surface area contributed by atoms with Crippen molar-refractivity contribution in [1.82, 2.24) is 5.32 Å². The van der Waals surface area contributed by atoms with Gasteiger partial charge in [0, 0.05) is 11.3 Å². The molecule has 2 unspecified atom stereocenters. The van der Waals surface area contributed by atoms with Crippen LogP contribution in [-0.4, -0.2) is 24.0 Å². The van der Waals surface area contributed by atoms with Crippen LogP contribution < -0.4 is 5.32 Å². The van der Waals surface area contributed by atoms with E-state index in [0.717, 1.165) is 25.2 Å². The van der Waals surface area contributed by atoms with Crippen LogP contribution in [0.15, 0.2) is 0 Å². The van der Waals surface area contributed by atoms with Crippen molar-refractivity contribution in [3.8, 4) is 0 Å². The number of hydrogen-bond donors (Lipinski definition) is 2. The molecule has 4 fully saturated rings. The molecule has 0 spiro atoms. The van der Waals surface area contributed by atoms with E-state index in [0.29, 0.717) is 23.2 Å². The van der Waals surface area contributed by atoms with Gasteiger partial charge < -0.3 is 10.1 Å². The number of thiol groups is 1. The highest BCUT2D eigenvalue weighted by molar-refractivity contribution is 7.80. The minimum Gasteiger partial charge on any atom is -0.449 e. The summed E-state index contributed by atoms with van der Waals surface area (Å²) in [5, 5.41) is 3.21. The molecule has 0 aromatic rings. The van der Waals surface area contributed by atoms with Crippen molar-refractivity contribution < 1.29 is 9.53 Å². The van der Waals surface area contributed by atoms with Crippen LogP contribution in [0, 0.1) is 16.7 Å². The molecule has 3 nitrogen and oxygen atoms in total. The lowest BCUT2D eigenvalue weighted by molar-refractivity contribution is -0.115. The van der Waals surface area contributed by atoms with Crippen LogP contribution in [0.1, 0.15) is 52.4 Å². The predicted octanol–water partition coefficient (Wildman–Crippen LogP) is 3.39. The minimum atomic E-state index is -0.247. The number of carbonyl (C=O) groups is 1. The van der Waals surface area contributed by atoms with E-state index < -0.39 is 0 Å². The average molecular weight is 283 g/mol. The van der Waals surface area contributed by atoms with Crippen molar-refractivity contribution in [2.24, 2.45) is 16.7 Å². The topological polar surface area (TPSA) is 38.3 Å². The molecule has 4 saturated carbocycles. The molecule has 2 atom stereocenters. The van der Waals surface area contributed by atoms with E-state index in [2.05, 4.69) is 31.8 Å². The first kappa shape index (κ1) is 13.6. The third kappa shape index (κ3) is 2.48. The zero-order chi connectivity index (χ0) is 13.7. The summed E-state index contributed by atoms with van der Waals surface area (Å²) >= 11 is 4.07. The second-order valence-electron chi connectivity index (χ2n) is 7.89. The smallest absolute Gasteiger partial charge is 0.407 e. The molecular formula is C15H25NO2S. The van der Waals surface area contributed by atoms with Crippen LogP contribution in [0.2, 0.25) is 0 Å². The van der Waals surface area contributed by atoms with Gasteiger partial charge in [-0.3, -0.25) is 0 Å². The van der Waals surface area contributed by atoms with Crippen LogP contribution >= 0.6 is 12.6 Å². The average Bonchev–Trinajstić information content (AvgIpc) is 2.20. The first-order valence-electron chi connectivity index (χ1n) is 7.42. The van der Waals surface area contributed by atoms with E-state index in [9.17, 15) is 4.79 Å². The Morgan fingerprint density at radius 2 is 1.84 bits per heavy atom. The zero-order valence-electron chi connectivity index (χ0n) is 12.0. The molecule has 0 saturated heterocycles. The van der Waals surface area contributed by atoms with Crippen LogP contribution in [0.5, 0.6) is 0 Å². The maximum absolute atomic E-state index is 11.9. The van der Waals surface area contributed by atoms with Gasteiger partial charge in [0.1, 0.15) is 6.61 Å². The van der Waals surface area contributed by atoms with Crippen molar-refractivity contribution in [3.63, 3.8) is 0 Å². The summed E-state index contributed by atoms with van der Waals surface area (Å²) in [4.78, 5) is 11.9. The van der Waals surface area contributed by atoms with Gasteiger partial charge in [0.2, 0.25) is 0 Å². The van der Waals surface area contributed by atoms with Crippen molar-refractivity contribution in [3.05, 3.63) is 0 Å². The van der Waals surface area contributed by atoms with E-state index in [1.807, 2.05) is 0 Å². The SMILES string of the molecule is CC12CC3CC(C)(C1)CC(NC(=O)OCCS)(C3)C2. The first-order chi connectivity index (χ1) is 8.86. The first-order valence-corrected chi connectivity index (χ1v) is 8.05.